The molecule has 2 aliphatic rings. The zero-order valence-corrected chi connectivity index (χ0v) is 13.1. The Kier molecular flexibility index (Phi) is 5.70. The standard InChI is InChI=1S/C16H31N3O/c1-3-17-15(19-13-8-4-5-9-13)18-12-16(2)11-7-6-10-14(16)20/h13-14,20H,3-12H2,1-2H3,(H2,17,18,19). The molecule has 2 saturated carbocycles. The summed E-state index contributed by atoms with van der Waals surface area (Å²) < 4.78 is 0. The Morgan fingerprint density at radius 3 is 2.55 bits per heavy atom. The van der Waals surface area contributed by atoms with Crippen LogP contribution in [-0.2, 0) is 0 Å². The summed E-state index contributed by atoms with van der Waals surface area (Å²) in [6.45, 7) is 5.89. The molecule has 0 radical (unpaired) electrons. The van der Waals surface area contributed by atoms with Gasteiger partial charge >= 0.3 is 0 Å². The molecule has 20 heavy (non-hydrogen) atoms. The summed E-state index contributed by atoms with van der Waals surface area (Å²) in [5, 5.41) is 17.1. The summed E-state index contributed by atoms with van der Waals surface area (Å²) in [5.74, 6) is 0.929. The number of hydrogen-bond acceptors (Lipinski definition) is 2. The normalized spacial score (nSPS) is 32.4. The van der Waals surface area contributed by atoms with Crippen LogP contribution in [0.2, 0.25) is 0 Å². The zero-order valence-electron chi connectivity index (χ0n) is 13.1. The van der Waals surface area contributed by atoms with E-state index in [2.05, 4.69) is 24.5 Å². The number of nitrogens with zero attached hydrogens (tertiary/aromatic N) is 1. The molecule has 116 valence electrons. The van der Waals surface area contributed by atoms with E-state index in [1.807, 2.05) is 0 Å². The van der Waals surface area contributed by atoms with Crippen LogP contribution in [0.3, 0.4) is 0 Å². The molecular weight excluding hydrogens is 250 g/mol. The third-order valence-corrected chi connectivity index (χ3v) is 4.92. The third kappa shape index (κ3) is 4.11. The van der Waals surface area contributed by atoms with Crippen LogP contribution in [0.1, 0.15) is 65.2 Å². The first-order valence-electron chi connectivity index (χ1n) is 8.37. The first-order valence-corrected chi connectivity index (χ1v) is 8.37. The molecule has 4 heteroatoms. The Hall–Kier alpha value is -0.770. The lowest BCUT2D eigenvalue weighted by Gasteiger charge is -2.37. The van der Waals surface area contributed by atoms with Crippen molar-refractivity contribution in [2.75, 3.05) is 13.1 Å². The molecule has 2 fully saturated rings. The fraction of sp³-hybridized carbons (Fsp3) is 0.938. The summed E-state index contributed by atoms with van der Waals surface area (Å²) in [4.78, 5) is 4.76. The maximum Gasteiger partial charge on any atom is 0.191 e. The van der Waals surface area contributed by atoms with Crippen LogP contribution in [0.25, 0.3) is 0 Å². The molecular formula is C16H31N3O. The number of hydrogen-bond donors (Lipinski definition) is 3. The molecule has 2 atom stereocenters. The van der Waals surface area contributed by atoms with Crippen molar-refractivity contribution in [3.63, 3.8) is 0 Å². The van der Waals surface area contributed by atoms with Gasteiger partial charge in [0.15, 0.2) is 5.96 Å². The number of nitrogens with one attached hydrogen (secondary N) is 2. The monoisotopic (exact) mass is 281 g/mol. The highest BCUT2D eigenvalue weighted by molar-refractivity contribution is 5.80. The minimum absolute atomic E-state index is 0.0454. The average Bonchev–Trinajstić information content (AvgIpc) is 2.93. The van der Waals surface area contributed by atoms with E-state index in [0.29, 0.717) is 6.04 Å². The second kappa shape index (κ2) is 7.30. The second-order valence-corrected chi connectivity index (χ2v) is 6.74. The highest BCUT2D eigenvalue weighted by Crippen LogP contribution is 2.36. The Bertz CT molecular complexity index is 326. The van der Waals surface area contributed by atoms with E-state index in [-0.39, 0.29) is 11.5 Å². The van der Waals surface area contributed by atoms with E-state index in [1.165, 1.54) is 32.1 Å². The minimum atomic E-state index is -0.200. The van der Waals surface area contributed by atoms with Gasteiger partial charge in [0.2, 0.25) is 0 Å². The van der Waals surface area contributed by atoms with E-state index in [0.717, 1.165) is 38.3 Å². The summed E-state index contributed by atoms with van der Waals surface area (Å²) in [7, 11) is 0. The zero-order chi connectivity index (χ0) is 14.4. The van der Waals surface area contributed by atoms with E-state index in [9.17, 15) is 5.11 Å². The average molecular weight is 281 g/mol. The predicted molar refractivity (Wildman–Crippen MR) is 84.0 cm³/mol. The maximum atomic E-state index is 10.2. The van der Waals surface area contributed by atoms with E-state index in [1.54, 1.807) is 0 Å². The van der Waals surface area contributed by atoms with Gasteiger partial charge in [0.05, 0.1) is 12.6 Å². The fourth-order valence-electron chi connectivity index (χ4n) is 3.41. The number of guanidine groups is 1. The minimum Gasteiger partial charge on any atom is -0.392 e. The van der Waals surface area contributed by atoms with E-state index >= 15 is 0 Å². The molecule has 2 aliphatic carbocycles. The van der Waals surface area contributed by atoms with Gasteiger partial charge in [0.1, 0.15) is 0 Å². The van der Waals surface area contributed by atoms with Crippen LogP contribution in [0.15, 0.2) is 4.99 Å². The summed E-state index contributed by atoms with van der Waals surface area (Å²) in [6, 6.07) is 0.580. The van der Waals surface area contributed by atoms with Gasteiger partial charge in [-0.3, -0.25) is 4.99 Å². The van der Waals surface area contributed by atoms with Gasteiger partial charge in [0, 0.05) is 18.0 Å². The Labute approximate surface area is 123 Å². The van der Waals surface area contributed by atoms with Crippen LogP contribution in [-0.4, -0.2) is 36.3 Å². The second-order valence-electron chi connectivity index (χ2n) is 6.74. The van der Waals surface area contributed by atoms with Crippen molar-refractivity contribution in [1.82, 2.24) is 10.6 Å². The Balaban J connectivity index is 1.93. The van der Waals surface area contributed by atoms with Crippen LogP contribution in [0.5, 0.6) is 0 Å². The van der Waals surface area contributed by atoms with E-state index < -0.39 is 0 Å². The van der Waals surface area contributed by atoms with Crippen molar-refractivity contribution in [3.05, 3.63) is 0 Å². The lowest BCUT2D eigenvalue weighted by Crippen LogP contribution is -2.44. The van der Waals surface area contributed by atoms with Gasteiger partial charge in [-0.15, -0.1) is 0 Å². The molecule has 0 aromatic heterocycles. The molecule has 3 N–H and O–H groups in total. The van der Waals surface area contributed by atoms with Gasteiger partial charge in [-0.2, -0.15) is 0 Å². The van der Waals surface area contributed by atoms with Crippen molar-refractivity contribution in [1.29, 1.82) is 0 Å². The number of aliphatic hydroxyl groups is 1. The molecule has 4 nitrogen and oxygen atoms in total. The molecule has 0 aromatic carbocycles. The van der Waals surface area contributed by atoms with Crippen molar-refractivity contribution in [2.45, 2.75) is 77.4 Å². The Morgan fingerprint density at radius 1 is 1.20 bits per heavy atom. The van der Waals surface area contributed by atoms with Crippen molar-refractivity contribution in [2.24, 2.45) is 10.4 Å². The van der Waals surface area contributed by atoms with Crippen LogP contribution < -0.4 is 10.6 Å². The smallest absolute Gasteiger partial charge is 0.191 e. The number of aliphatic imine (C=N–C) groups is 1. The Morgan fingerprint density at radius 2 is 1.90 bits per heavy atom. The maximum absolute atomic E-state index is 10.2. The van der Waals surface area contributed by atoms with Crippen LogP contribution >= 0.6 is 0 Å². The quantitative estimate of drug-likeness (QED) is 0.548. The molecule has 0 aromatic rings. The molecule has 0 amide bonds. The van der Waals surface area contributed by atoms with Crippen molar-refractivity contribution < 1.29 is 5.11 Å². The highest BCUT2D eigenvalue weighted by Gasteiger charge is 2.35. The summed E-state index contributed by atoms with van der Waals surface area (Å²) in [6.07, 6.45) is 9.35. The molecule has 0 bridgehead atoms. The molecule has 2 unspecified atom stereocenters. The van der Waals surface area contributed by atoms with Gasteiger partial charge in [-0.25, -0.2) is 0 Å². The molecule has 2 rings (SSSR count). The van der Waals surface area contributed by atoms with Gasteiger partial charge in [-0.05, 0) is 32.6 Å². The lowest BCUT2D eigenvalue weighted by atomic mass is 9.73. The summed E-state index contributed by atoms with van der Waals surface area (Å²) >= 11 is 0. The third-order valence-electron chi connectivity index (χ3n) is 4.92. The van der Waals surface area contributed by atoms with E-state index in [4.69, 9.17) is 4.99 Å². The first kappa shape index (κ1) is 15.6. The highest BCUT2D eigenvalue weighted by atomic mass is 16.3. The topological polar surface area (TPSA) is 56.7 Å². The lowest BCUT2D eigenvalue weighted by molar-refractivity contribution is 0.00715. The number of aliphatic hydroxyl groups excluding tert-OH is 1. The van der Waals surface area contributed by atoms with Crippen molar-refractivity contribution in [3.8, 4) is 0 Å². The first-order chi connectivity index (χ1) is 9.64. The SMILES string of the molecule is CCNC(=NCC1(C)CCCCC1O)NC1CCCC1. The fourth-order valence-corrected chi connectivity index (χ4v) is 3.41. The molecule has 0 heterocycles. The molecule has 0 aliphatic heterocycles. The molecule has 0 saturated heterocycles. The molecule has 0 spiro atoms. The predicted octanol–water partition coefficient (Wildman–Crippen LogP) is 2.43. The van der Waals surface area contributed by atoms with Gasteiger partial charge < -0.3 is 15.7 Å². The van der Waals surface area contributed by atoms with Crippen LogP contribution in [0, 0.1) is 5.41 Å². The van der Waals surface area contributed by atoms with Gasteiger partial charge in [0.25, 0.3) is 0 Å². The summed E-state index contributed by atoms with van der Waals surface area (Å²) in [5.41, 5.74) is -0.0454. The van der Waals surface area contributed by atoms with Crippen molar-refractivity contribution >= 4 is 5.96 Å². The van der Waals surface area contributed by atoms with Crippen LogP contribution in [0.4, 0.5) is 0 Å². The largest absolute Gasteiger partial charge is 0.392 e. The van der Waals surface area contributed by atoms with Gasteiger partial charge in [-0.1, -0.05) is 32.6 Å². The number of rotatable bonds is 4.